The Morgan fingerprint density at radius 2 is 2.03 bits per heavy atom. The van der Waals surface area contributed by atoms with Crippen LogP contribution < -0.4 is 16.6 Å². The third-order valence-corrected chi connectivity index (χ3v) is 5.70. The van der Waals surface area contributed by atoms with Crippen molar-refractivity contribution in [1.29, 1.82) is 0 Å². The van der Waals surface area contributed by atoms with Crippen LogP contribution in [0.25, 0.3) is 11.0 Å². The van der Waals surface area contributed by atoms with Crippen molar-refractivity contribution >= 4 is 16.9 Å². The second kappa shape index (κ2) is 8.23. The van der Waals surface area contributed by atoms with Crippen molar-refractivity contribution in [2.45, 2.75) is 19.3 Å². The summed E-state index contributed by atoms with van der Waals surface area (Å²) < 4.78 is 1.24. The van der Waals surface area contributed by atoms with E-state index in [1.54, 1.807) is 13.0 Å². The lowest BCUT2D eigenvalue weighted by molar-refractivity contribution is 0.0951. The van der Waals surface area contributed by atoms with Crippen LogP contribution in [0.4, 0.5) is 0 Å². The van der Waals surface area contributed by atoms with E-state index < -0.39 is 11.2 Å². The number of benzene rings is 1. The highest BCUT2D eigenvalue weighted by Crippen LogP contribution is 2.26. The van der Waals surface area contributed by atoms with E-state index >= 15 is 0 Å². The molecule has 0 radical (unpaired) electrons. The first-order valence-corrected chi connectivity index (χ1v) is 10.1. The number of hydrogen-bond donors (Lipinski definition) is 2. The van der Waals surface area contributed by atoms with Crippen LogP contribution in [0.3, 0.4) is 0 Å². The van der Waals surface area contributed by atoms with Gasteiger partial charge in [-0.05, 0) is 37.4 Å². The zero-order valence-electron chi connectivity index (χ0n) is 17.1. The highest BCUT2D eigenvalue weighted by Gasteiger charge is 2.23. The number of aromatic amines is 1. The molecule has 0 aliphatic carbocycles. The van der Waals surface area contributed by atoms with Gasteiger partial charge in [0.1, 0.15) is 5.65 Å². The molecule has 0 saturated carbocycles. The standard InChI is InChI=1S/C22H25N5O3/c1-14-12-17(18-19(24-14)26(2)22(30)25-21(18)29)20(28)23-9-11-27-10-8-16(13-27)15-6-4-3-5-7-15/h3-7,12,16H,8-11,13H2,1-2H3,(H,23,28)(H,25,29,30)/t16-/m0/s1. The topological polar surface area (TPSA) is 100 Å². The molecule has 3 aromatic rings. The number of rotatable bonds is 5. The van der Waals surface area contributed by atoms with E-state index in [1.807, 2.05) is 6.07 Å². The molecule has 4 rings (SSSR count). The summed E-state index contributed by atoms with van der Waals surface area (Å²) in [6, 6.07) is 12.1. The molecular formula is C22H25N5O3. The summed E-state index contributed by atoms with van der Waals surface area (Å²) in [4.78, 5) is 45.9. The summed E-state index contributed by atoms with van der Waals surface area (Å²) >= 11 is 0. The number of likely N-dealkylation sites (tertiary alicyclic amines) is 1. The number of carbonyl (C=O) groups excluding carboxylic acids is 1. The van der Waals surface area contributed by atoms with Crippen molar-refractivity contribution in [3.8, 4) is 0 Å². The van der Waals surface area contributed by atoms with E-state index in [-0.39, 0.29) is 22.5 Å². The monoisotopic (exact) mass is 407 g/mol. The zero-order valence-corrected chi connectivity index (χ0v) is 17.1. The number of aromatic nitrogens is 3. The summed E-state index contributed by atoms with van der Waals surface area (Å²) in [6.45, 7) is 4.92. The number of aryl methyl sites for hydroxylation is 2. The Kier molecular flexibility index (Phi) is 5.50. The van der Waals surface area contributed by atoms with Crippen LogP contribution >= 0.6 is 0 Å². The van der Waals surface area contributed by atoms with Crippen LogP contribution in [0.1, 0.15) is 34.0 Å². The average molecular weight is 407 g/mol. The van der Waals surface area contributed by atoms with Gasteiger partial charge in [0.05, 0.1) is 10.9 Å². The van der Waals surface area contributed by atoms with Gasteiger partial charge in [-0.25, -0.2) is 9.78 Å². The van der Waals surface area contributed by atoms with Gasteiger partial charge in [-0.3, -0.25) is 19.1 Å². The van der Waals surface area contributed by atoms with Gasteiger partial charge in [-0.2, -0.15) is 0 Å². The second-order valence-corrected chi connectivity index (χ2v) is 7.78. The van der Waals surface area contributed by atoms with Crippen molar-refractivity contribution in [3.63, 3.8) is 0 Å². The Hall–Kier alpha value is -3.26. The Morgan fingerprint density at radius 3 is 2.80 bits per heavy atom. The van der Waals surface area contributed by atoms with E-state index in [2.05, 4.69) is 44.5 Å². The maximum Gasteiger partial charge on any atom is 0.329 e. The van der Waals surface area contributed by atoms with E-state index in [1.165, 1.54) is 17.2 Å². The lowest BCUT2D eigenvalue weighted by Gasteiger charge is -2.17. The van der Waals surface area contributed by atoms with Gasteiger partial charge >= 0.3 is 5.69 Å². The van der Waals surface area contributed by atoms with Gasteiger partial charge < -0.3 is 10.2 Å². The first-order chi connectivity index (χ1) is 14.4. The Morgan fingerprint density at radius 1 is 1.27 bits per heavy atom. The predicted molar refractivity (Wildman–Crippen MR) is 115 cm³/mol. The molecule has 1 atom stereocenters. The minimum Gasteiger partial charge on any atom is -0.351 e. The maximum absolute atomic E-state index is 12.8. The van der Waals surface area contributed by atoms with Gasteiger partial charge in [0.25, 0.3) is 11.5 Å². The SMILES string of the molecule is Cc1cc(C(=O)NCCN2CC[C@H](c3ccccc3)C2)c2c(=O)[nH]c(=O)n(C)c2n1. The Bertz CT molecular complexity index is 1200. The van der Waals surface area contributed by atoms with Crippen molar-refractivity contribution in [2.24, 2.45) is 7.05 Å². The molecule has 8 heteroatoms. The molecule has 1 aliphatic heterocycles. The molecule has 0 spiro atoms. The molecular weight excluding hydrogens is 382 g/mol. The van der Waals surface area contributed by atoms with Crippen LogP contribution in [0.2, 0.25) is 0 Å². The quantitative estimate of drug-likeness (QED) is 0.661. The van der Waals surface area contributed by atoms with E-state index in [0.29, 0.717) is 18.2 Å². The van der Waals surface area contributed by atoms with Gasteiger partial charge in [0.15, 0.2) is 0 Å². The number of nitrogens with zero attached hydrogens (tertiary/aromatic N) is 3. The van der Waals surface area contributed by atoms with Crippen molar-refractivity contribution in [1.82, 2.24) is 24.8 Å². The fraction of sp³-hybridized carbons (Fsp3) is 0.364. The third-order valence-electron chi connectivity index (χ3n) is 5.70. The highest BCUT2D eigenvalue weighted by molar-refractivity contribution is 6.05. The first kappa shape index (κ1) is 20.0. The molecule has 2 aromatic heterocycles. The van der Waals surface area contributed by atoms with Crippen LogP contribution in [0, 0.1) is 6.92 Å². The van der Waals surface area contributed by atoms with Gasteiger partial charge in [-0.15, -0.1) is 0 Å². The fourth-order valence-electron chi connectivity index (χ4n) is 4.10. The summed E-state index contributed by atoms with van der Waals surface area (Å²) in [7, 11) is 1.52. The molecule has 1 saturated heterocycles. The summed E-state index contributed by atoms with van der Waals surface area (Å²) in [5.74, 6) is 0.182. The summed E-state index contributed by atoms with van der Waals surface area (Å²) in [5, 5.41) is 3.04. The van der Waals surface area contributed by atoms with E-state index in [0.717, 1.165) is 26.1 Å². The van der Waals surface area contributed by atoms with Crippen molar-refractivity contribution in [3.05, 3.63) is 74.1 Å². The fourth-order valence-corrected chi connectivity index (χ4v) is 4.10. The van der Waals surface area contributed by atoms with Crippen LogP contribution in [0.15, 0.2) is 46.0 Å². The molecule has 0 bridgehead atoms. The van der Waals surface area contributed by atoms with Gasteiger partial charge in [0.2, 0.25) is 0 Å². The number of nitrogens with one attached hydrogen (secondary N) is 2. The molecule has 156 valence electrons. The molecule has 1 aliphatic rings. The lowest BCUT2D eigenvalue weighted by atomic mass is 9.99. The highest BCUT2D eigenvalue weighted by atomic mass is 16.2. The number of carbonyl (C=O) groups is 1. The normalized spacial score (nSPS) is 16.8. The van der Waals surface area contributed by atoms with Gasteiger partial charge in [-0.1, -0.05) is 30.3 Å². The van der Waals surface area contributed by atoms with Crippen molar-refractivity contribution < 1.29 is 4.79 Å². The van der Waals surface area contributed by atoms with Crippen LogP contribution in [0.5, 0.6) is 0 Å². The second-order valence-electron chi connectivity index (χ2n) is 7.78. The molecule has 1 aromatic carbocycles. The van der Waals surface area contributed by atoms with E-state index in [9.17, 15) is 14.4 Å². The van der Waals surface area contributed by atoms with Crippen molar-refractivity contribution in [2.75, 3.05) is 26.2 Å². The largest absolute Gasteiger partial charge is 0.351 e. The molecule has 2 N–H and O–H groups in total. The molecule has 0 unspecified atom stereocenters. The Labute approximate surface area is 173 Å². The van der Waals surface area contributed by atoms with Crippen LogP contribution in [-0.4, -0.2) is 51.5 Å². The van der Waals surface area contributed by atoms with Crippen LogP contribution in [-0.2, 0) is 7.05 Å². The molecule has 8 nitrogen and oxygen atoms in total. The average Bonchev–Trinajstić information content (AvgIpc) is 3.21. The number of amides is 1. The zero-order chi connectivity index (χ0) is 21.3. The summed E-state index contributed by atoms with van der Waals surface area (Å²) in [6.07, 6.45) is 1.11. The maximum atomic E-state index is 12.8. The molecule has 3 heterocycles. The number of hydrogen-bond acceptors (Lipinski definition) is 5. The minimum absolute atomic E-state index is 0.130. The molecule has 1 fully saturated rings. The smallest absolute Gasteiger partial charge is 0.329 e. The van der Waals surface area contributed by atoms with Gasteiger partial charge in [0, 0.05) is 32.4 Å². The number of pyridine rings is 1. The molecule has 30 heavy (non-hydrogen) atoms. The number of H-pyrrole nitrogens is 1. The third kappa shape index (κ3) is 3.91. The molecule has 1 amide bonds. The van der Waals surface area contributed by atoms with E-state index in [4.69, 9.17) is 0 Å². The lowest BCUT2D eigenvalue weighted by Crippen LogP contribution is -2.35. The summed E-state index contributed by atoms with van der Waals surface area (Å²) in [5.41, 5.74) is 1.21. The number of fused-ring (bicyclic) bond motifs is 1. The predicted octanol–water partition coefficient (Wildman–Crippen LogP) is 1.15. The first-order valence-electron chi connectivity index (χ1n) is 10.1. The Balaban J connectivity index is 1.44. The minimum atomic E-state index is -0.601.